The maximum Gasteiger partial charge on any atom is 0.303 e. The Kier molecular flexibility index (Phi) is 8.17. The van der Waals surface area contributed by atoms with Gasteiger partial charge in [-0.2, -0.15) is 5.06 Å². The number of carbonyl (C=O) groups excluding carboxylic acids is 1. The van der Waals surface area contributed by atoms with E-state index in [0.717, 1.165) is 11.1 Å². The number of ether oxygens (including phenoxy) is 1. The van der Waals surface area contributed by atoms with E-state index >= 15 is 0 Å². The summed E-state index contributed by atoms with van der Waals surface area (Å²) in [4.78, 5) is 11.7. The number of hydrogen-bond acceptors (Lipinski definition) is 4. The fourth-order valence-corrected chi connectivity index (χ4v) is 3.95. The molecule has 4 nitrogen and oxygen atoms in total. The summed E-state index contributed by atoms with van der Waals surface area (Å²) in [6, 6.07) is 20.2. The summed E-state index contributed by atoms with van der Waals surface area (Å²) >= 11 is 0. The van der Waals surface area contributed by atoms with Crippen molar-refractivity contribution in [3.63, 3.8) is 0 Å². The van der Waals surface area contributed by atoms with Crippen molar-refractivity contribution < 1.29 is 14.1 Å². The molecule has 0 bridgehead atoms. The zero-order valence-corrected chi connectivity index (χ0v) is 18.3. The minimum absolute atomic E-state index is 0.185. The number of hydrogen-bond donors (Lipinski definition) is 0. The zero-order chi connectivity index (χ0) is 20.6. The fraction of sp³-hybridized carbons (Fsp3) is 0.348. The maximum atomic E-state index is 11.7. The summed E-state index contributed by atoms with van der Waals surface area (Å²) in [6.07, 6.45) is 1.90. The summed E-state index contributed by atoms with van der Waals surface area (Å²) in [5.41, 5.74) is 2.30. The van der Waals surface area contributed by atoms with E-state index in [9.17, 15) is 4.79 Å². The first kappa shape index (κ1) is 22.1. The van der Waals surface area contributed by atoms with E-state index in [1.54, 1.807) is 6.08 Å². The molecule has 0 unspecified atom stereocenters. The zero-order valence-electron chi connectivity index (χ0n) is 17.3. The lowest BCUT2D eigenvalue weighted by atomic mass is 10.00. The summed E-state index contributed by atoms with van der Waals surface area (Å²) in [7, 11) is -1.90. The third kappa shape index (κ3) is 7.42. The van der Waals surface area contributed by atoms with E-state index < -0.39 is 14.4 Å². The Morgan fingerprint density at radius 2 is 1.57 bits per heavy atom. The molecule has 2 rings (SSSR count). The number of rotatable bonds is 10. The molecule has 0 radical (unpaired) electrons. The van der Waals surface area contributed by atoms with Crippen molar-refractivity contribution in [2.45, 2.75) is 51.7 Å². The SMILES string of the molecule is C=C[C@@H](OC(C)=O)[C@H](Cc1ccccc1)N(Cc1ccccc1)O[Si](C)(C)C. The standard InChI is InChI=1S/C23H31NO3Si/c1-6-23(26-19(2)25)22(17-20-13-9-7-10-14-20)24(27-28(3,4)5)18-21-15-11-8-12-16-21/h6-16,22-23H,1,17-18H2,2-5H3/t22-,23+/m0/s1. The normalized spacial score (nSPS) is 13.8. The quantitative estimate of drug-likeness (QED) is 0.245. The fourth-order valence-electron chi connectivity index (χ4n) is 3.05. The number of esters is 1. The predicted octanol–water partition coefficient (Wildman–Crippen LogP) is 4.98. The van der Waals surface area contributed by atoms with Gasteiger partial charge in [0.15, 0.2) is 0 Å². The van der Waals surface area contributed by atoms with E-state index in [1.807, 2.05) is 41.5 Å². The molecule has 0 amide bonds. The Bertz CT molecular complexity index is 743. The van der Waals surface area contributed by atoms with Crippen LogP contribution in [0.25, 0.3) is 0 Å². The molecule has 150 valence electrons. The van der Waals surface area contributed by atoms with Crippen LogP contribution >= 0.6 is 0 Å². The van der Waals surface area contributed by atoms with Crippen molar-refractivity contribution in [1.29, 1.82) is 0 Å². The Hall–Kier alpha value is -2.21. The van der Waals surface area contributed by atoms with Gasteiger partial charge in [-0.05, 0) is 43.3 Å². The van der Waals surface area contributed by atoms with Crippen LogP contribution in [0.2, 0.25) is 19.6 Å². The van der Waals surface area contributed by atoms with Gasteiger partial charge in [-0.25, -0.2) is 0 Å². The molecule has 2 atom stereocenters. The Morgan fingerprint density at radius 3 is 2.04 bits per heavy atom. The summed E-state index contributed by atoms with van der Waals surface area (Å²) in [6.45, 7) is 12.4. The minimum Gasteiger partial charge on any atom is -0.457 e. The third-order valence-corrected chi connectivity index (χ3v) is 4.93. The maximum absolute atomic E-state index is 11.7. The second-order valence-corrected chi connectivity index (χ2v) is 12.2. The van der Waals surface area contributed by atoms with Crippen molar-refractivity contribution in [3.05, 3.63) is 84.4 Å². The van der Waals surface area contributed by atoms with Crippen LogP contribution in [0.5, 0.6) is 0 Å². The van der Waals surface area contributed by atoms with Crippen LogP contribution in [0.3, 0.4) is 0 Å². The van der Waals surface area contributed by atoms with Crippen LogP contribution < -0.4 is 0 Å². The molecule has 0 aliphatic heterocycles. The molecular weight excluding hydrogens is 366 g/mol. The first-order valence-electron chi connectivity index (χ1n) is 9.62. The van der Waals surface area contributed by atoms with Crippen LogP contribution in [0.1, 0.15) is 18.1 Å². The van der Waals surface area contributed by atoms with Gasteiger partial charge in [0.1, 0.15) is 6.10 Å². The van der Waals surface area contributed by atoms with Crippen molar-refractivity contribution >= 4 is 14.3 Å². The van der Waals surface area contributed by atoms with E-state index in [4.69, 9.17) is 9.26 Å². The van der Waals surface area contributed by atoms with Crippen molar-refractivity contribution in [2.24, 2.45) is 0 Å². The summed E-state index contributed by atoms with van der Waals surface area (Å²) < 4.78 is 12.1. The highest BCUT2D eigenvalue weighted by Gasteiger charge is 2.32. The Labute approximate surface area is 169 Å². The second-order valence-electron chi connectivity index (χ2n) is 7.83. The number of benzene rings is 2. The van der Waals surface area contributed by atoms with Crippen LogP contribution in [-0.4, -0.2) is 31.5 Å². The van der Waals surface area contributed by atoms with Crippen molar-refractivity contribution in [2.75, 3.05) is 0 Å². The third-order valence-electron chi connectivity index (χ3n) is 4.14. The average Bonchev–Trinajstić information content (AvgIpc) is 2.64. The molecule has 0 saturated heterocycles. The molecule has 0 aliphatic rings. The van der Waals surface area contributed by atoms with E-state index in [0.29, 0.717) is 13.0 Å². The molecule has 5 heteroatoms. The minimum atomic E-state index is -1.90. The van der Waals surface area contributed by atoms with E-state index in [2.05, 4.69) is 50.5 Å². The van der Waals surface area contributed by atoms with Gasteiger partial charge in [0.2, 0.25) is 8.32 Å². The Morgan fingerprint density at radius 1 is 1.04 bits per heavy atom. The molecule has 0 saturated carbocycles. The van der Waals surface area contributed by atoms with E-state index in [-0.39, 0.29) is 12.0 Å². The first-order valence-corrected chi connectivity index (χ1v) is 13.0. The van der Waals surface area contributed by atoms with Gasteiger partial charge in [0, 0.05) is 13.5 Å². The molecule has 28 heavy (non-hydrogen) atoms. The van der Waals surface area contributed by atoms with Gasteiger partial charge in [0.05, 0.1) is 6.04 Å². The van der Waals surface area contributed by atoms with Gasteiger partial charge in [-0.1, -0.05) is 67.2 Å². The summed E-state index contributed by atoms with van der Waals surface area (Å²) in [5.74, 6) is -0.323. The number of nitrogens with zero attached hydrogens (tertiary/aromatic N) is 1. The molecular formula is C23H31NO3Si. The van der Waals surface area contributed by atoms with Crippen molar-refractivity contribution in [1.82, 2.24) is 5.06 Å². The largest absolute Gasteiger partial charge is 0.457 e. The number of hydroxylamine groups is 2. The monoisotopic (exact) mass is 397 g/mol. The molecule has 0 heterocycles. The number of carbonyl (C=O) groups is 1. The second kappa shape index (κ2) is 10.4. The van der Waals surface area contributed by atoms with Crippen LogP contribution in [0.15, 0.2) is 73.3 Å². The van der Waals surface area contributed by atoms with Gasteiger partial charge in [0.25, 0.3) is 0 Å². The van der Waals surface area contributed by atoms with E-state index in [1.165, 1.54) is 6.92 Å². The lowest BCUT2D eigenvalue weighted by molar-refractivity contribution is -0.164. The first-order chi connectivity index (χ1) is 13.3. The molecule has 0 aromatic heterocycles. The van der Waals surface area contributed by atoms with Gasteiger partial charge in [-0.15, -0.1) is 0 Å². The highest BCUT2D eigenvalue weighted by atomic mass is 28.4. The molecule has 0 spiro atoms. The Balaban J connectivity index is 2.39. The highest BCUT2D eigenvalue weighted by Crippen LogP contribution is 2.22. The van der Waals surface area contributed by atoms with Gasteiger partial charge < -0.3 is 9.26 Å². The molecule has 2 aromatic carbocycles. The van der Waals surface area contributed by atoms with Crippen molar-refractivity contribution in [3.8, 4) is 0 Å². The molecule has 2 aromatic rings. The molecule has 0 fully saturated rings. The van der Waals surface area contributed by atoms with Crippen LogP contribution in [-0.2, 0) is 27.0 Å². The summed E-state index contributed by atoms with van der Waals surface area (Å²) in [5, 5.41) is 1.99. The molecule has 0 aliphatic carbocycles. The van der Waals surface area contributed by atoms with Gasteiger partial charge in [-0.3, -0.25) is 4.79 Å². The average molecular weight is 398 g/mol. The smallest absolute Gasteiger partial charge is 0.303 e. The lowest BCUT2D eigenvalue weighted by Crippen LogP contribution is -2.49. The highest BCUT2D eigenvalue weighted by molar-refractivity contribution is 6.69. The topological polar surface area (TPSA) is 38.8 Å². The van der Waals surface area contributed by atoms with Crippen LogP contribution in [0, 0.1) is 0 Å². The molecule has 0 N–H and O–H groups in total. The predicted molar refractivity (Wildman–Crippen MR) is 116 cm³/mol. The van der Waals surface area contributed by atoms with Crippen LogP contribution in [0.4, 0.5) is 0 Å². The van der Waals surface area contributed by atoms with Gasteiger partial charge >= 0.3 is 5.97 Å². The lowest BCUT2D eigenvalue weighted by Gasteiger charge is -2.38.